The predicted octanol–water partition coefficient (Wildman–Crippen LogP) is 3.75. The number of aromatic nitrogens is 2. The molecule has 2 aromatic carbocycles. The topological polar surface area (TPSA) is 87.5 Å². The first-order chi connectivity index (χ1) is 17.3. The van der Waals surface area contributed by atoms with Gasteiger partial charge in [-0.1, -0.05) is 36.0 Å². The van der Waals surface area contributed by atoms with E-state index < -0.39 is 17.2 Å². The Morgan fingerprint density at radius 1 is 1.14 bits per heavy atom. The van der Waals surface area contributed by atoms with Crippen LogP contribution < -0.4 is 10.2 Å². The standard InChI is InChI=1S/C26H23F2N5O2S/c1-16(34)9-17-7-8-22(28)21(10-17)26-15-33(24-29-11-20(27)12-30-24)13-19(26)14-36-25(32-26)31-23(35)18-5-3-2-4-6-18/h2-8,10-12,19H,9,13-15H2,1H3,(H,31,32,35)/t19-,26-/m0/s1. The summed E-state index contributed by atoms with van der Waals surface area (Å²) < 4.78 is 28.9. The molecular weight excluding hydrogens is 484 g/mol. The molecule has 0 saturated carbocycles. The number of rotatable bonds is 5. The SMILES string of the molecule is CC(=O)Cc1ccc(F)c([C@]23CN(c4ncc(F)cn4)C[C@H]2CSC(NC(=O)c2ccccc2)=N3)c1. The van der Waals surface area contributed by atoms with Crippen LogP contribution >= 0.6 is 11.8 Å². The third kappa shape index (κ3) is 4.73. The highest BCUT2D eigenvalue weighted by Crippen LogP contribution is 2.47. The second kappa shape index (κ2) is 9.77. The van der Waals surface area contributed by atoms with Gasteiger partial charge in [-0.2, -0.15) is 0 Å². The highest BCUT2D eigenvalue weighted by molar-refractivity contribution is 8.13. The van der Waals surface area contributed by atoms with E-state index in [0.717, 1.165) is 12.4 Å². The summed E-state index contributed by atoms with van der Waals surface area (Å²) >= 11 is 1.39. The Morgan fingerprint density at radius 3 is 2.61 bits per heavy atom. The van der Waals surface area contributed by atoms with Crippen LogP contribution in [0.3, 0.4) is 0 Å². The molecular formula is C26H23F2N5O2S. The molecule has 0 radical (unpaired) electrons. The summed E-state index contributed by atoms with van der Waals surface area (Å²) in [5.41, 5.74) is 0.466. The second-order valence-electron chi connectivity index (χ2n) is 8.94. The number of benzene rings is 2. The lowest BCUT2D eigenvalue weighted by Crippen LogP contribution is -2.43. The van der Waals surface area contributed by atoms with Crippen molar-refractivity contribution in [3.63, 3.8) is 0 Å². The quantitative estimate of drug-likeness (QED) is 0.566. The number of thioether (sulfide) groups is 1. The average Bonchev–Trinajstić information content (AvgIpc) is 3.26. The highest BCUT2D eigenvalue weighted by Gasteiger charge is 2.52. The summed E-state index contributed by atoms with van der Waals surface area (Å²) in [5, 5.41) is 3.26. The number of hydrogen-bond donors (Lipinski definition) is 1. The minimum absolute atomic E-state index is 0.0344. The van der Waals surface area contributed by atoms with E-state index in [2.05, 4.69) is 15.3 Å². The Hall–Kier alpha value is -3.66. The first kappa shape index (κ1) is 24.1. The lowest BCUT2D eigenvalue weighted by molar-refractivity contribution is -0.116. The number of amides is 1. The van der Waals surface area contributed by atoms with Gasteiger partial charge < -0.3 is 10.2 Å². The van der Waals surface area contributed by atoms with Gasteiger partial charge in [-0.05, 0) is 36.8 Å². The van der Waals surface area contributed by atoms with Gasteiger partial charge in [-0.3, -0.25) is 9.59 Å². The van der Waals surface area contributed by atoms with Gasteiger partial charge in [-0.25, -0.2) is 23.7 Å². The van der Waals surface area contributed by atoms with Gasteiger partial charge in [0.25, 0.3) is 5.91 Å². The van der Waals surface area contributed by atoms with E-state index in [1.54, 1.807) is 36.4 Å². The number of ketones is 1. The molecule has 0 bridgehead atoms. The minimum Gasteiger partial charge on any atom is -0.338 e. The van der Waals surface area contributed by atoms with Crippen LogP contribution in [0, 0.1) is 17.6 Å². The molecule has 36 heavy (non-hydrogen) atoms. The predicted molar refractivity (Wildman–Crippen MR) is 134 cm³/mol. The van der Waals surface area contributed by atoms with Gasteiger partial charge >= 0.3 is 0 Å². The Kier molecular flexibility index (Phi) is 6.53. The maximum Gasteiger partial charge on any atom is 0.257 e. The summed E-state index contributed by atoms with van der Waals surface area (Å²) in [6.45, 7) is 2.19. The number of carbonyl (C=O) groups excluding carboxylic acids is 2. The number of fused-ring (bicyclic) bond motifs is 1. The zero-order chi connectivity index (χ0) is 25.3. The van der Waals surface area contributed by atoms with Crippen molar-refractivity contribution < 1.29 is 18.4 Å². The van der Waals surface area contributed by atoms with Crippen molar-refractivity contribution in [2.24, 2.45) is 10.9 Å². The van der Waals surface area contributed by atoms with E-state index in [1.807, 2.05) is 11.0 Å². The van der Waals surface area contributed by atoms with Crippen LogP contribution in [0.15, 0.2) is 65.9 Å². The van der Waals surface area contributed by atoms with Gasteiger partial charge in [-0.15, -0.1) is 0 Å². The number of halogens is 2. The number of nitrogens with one attached hydrogen (secondary N) is 1. The smallest absolute Gasteiger partial charge is 0.257 e. The van der Waals surface area contributed by atoms with E-state index in [1.165, 1.54) is 24.8 Å². The molecule has 0 unspecified atom stereocenters. The lowest BCUT2D eigenvalue weighted by Gasteiger charge is -2.35. The molecule has 2 aliphatic rings. The monoisotopic (exact) mass is 507 g/mol. The molecule has 184 valence electrons. The van der Waals surface area contributed by atoms with Gasteiger partial charge in [0.1, 0.15) is 17.1 Å². The zero-order valence-corrected chi connectivity index (χ0v) is 20.3. The number of amidine groups is 1. The summed E-state index contributed by atoms with van der Waals surface area (Å²) in [6.07, 6.45) is 2.36. The molecule has 1 fully saturated rings. The molecule has 0 spiro atoms. The number of nitrogens with zero attached hydrogens (tertiary/aromatic N) is 4. The van der Waals surface area contributed by atoms with Crippen LogP contribution in [0.2, 0.25) is 0 Å². The molecule has 0 aliphatic carbocycles. The molecule has 2 aliphatic heterocycles. The Balaban J connectivity index is 1.56. The summed E-state index contributed by atoms with van der Waals surface area (Å²) in [5.74, 6) is -0.602. The maximum atomic E-state index is 15.4. The lowest BCUT2D eigenvalue weighted by atomic mass is 9.80. The molecule has 3 heterocycles. The third-order valence-corrected chi connectivity index (χ3v) is 7.40. The normalized spacial score (nSPS) is 21.0. The summed E-state index contributed by atoms with van der Waals surface area (Å²) in [7, 11) is 0. The van der Waals surface area contributed by atoms with Gasteiger partial charge in [0.2, 0.25) is 5.95 Å². The Labute approximate surface area is 211 Å². The zero-order valence-electron chi connectivity index (χ0n) is 19.4. The van der Waals surface area contributed by atoms with Crippen molar-refractivity contribution in [1.82, 2.24) is 15.3 Å². The van der Waals surface area contributed by atoms with E-state index >= 15 is 4.39 Å². The van der Waals surface area contributed by atoms with E-state index in [0.29, 0.717) is 40.1 Å². The Morgan fingerprint density at radius 2 is 1.89 bits per heavy atom. The van der Waals surface area contributed by atoms with Crippen LogP contribution in [0.4, 0.5) is 14.7 Å². The fourth-order valence-electron chi connectivity index (χ4n) is 4.72. The molecule has 2 atom stereocenters. The number of hydrogen-bond acceptors (Lipinski definition) is 7. The first-order valence-electron chi connectivity index (χ1n) is 11.4. The summed E-state index contributed by atoms with van der Waals surface area (Å²) in [4.78, 5) is 39.6. The molecule has 10 heteroatoms. The molecule has 1 N–H and O–H groups in total. The van der Waals surface area contributed by atoms with Gasteiger partial charge in [0.05, 0.1) is 18.9 Å². The van der Waals surface area contributed by atoms with Crippen LogP contribution in [-0.2, 0) is 16.8 Å². The van der Waals surface area contributed by atoms with Crippen LogP contribution in [0.1, 0.15) is 28.4 Å². The summed E-state index contributed by atoms with van der Waals surface area (Å²) in [6, 6.07) is 13.4. The molecule has 1 aromatic heterocycles. The Bertz CT molecular complexity index is 1340. The third-order valence-electron chi connectivity index (χ3n) is 6.37. The highest BCUT2D eigenvalue weighted by atomic mass is 32.2. The molecule has 5 rings (SSSR count). The van der Waals surface area contributed by atoms with Gasteiger partial charge in [0.15, 0.2) is 11.0 Å². The van der Waals surface area contributed by atoms with E-state index in [4.69, 9.17) is 4.99 Å². The van der Waals surface area contributed by atoms with Crippen LogP contribution in [-0.4, -0.2) is 45.7 Å². The number of aliphatic imine (C=N–C) groups is 1. The van der Waals surface area contributed by atoms with Crippen molar-refractivity contribution in [1.29, 1.82) is 0 Å². The fourth-order valence-corrected chi connectivity index (χ4v) is 5.86. The van der Waals surface area contributed by atoms with Crippen molar-refractivity contribution in [3.05, 3.63) is 89.2 Å². The second-order valence-corrected chi connectivity index (χ2v) is 9.95. The van der Waals surface area contributed by atoms with Crippen molar-refractivity contribution in [3.8, 4) is 0 Å². The van der Waals surface area contributed by atoms with Crippen molar-refractivity contribution in [2.75, 3.05) is 23.7 Å². The molecule has 1 amide bonds. The van der Waals surface area contributed by atoms with Crippen molar-refractivity contribution in [2.45, 2.75) is 18.9 Å². The number of carbonyl (C=O) groups is 2. The van der Waals surface area contributed by atoms with Crippen LogP contribution in [0.25, 0.3) is 0 Å². The maximum absolute atomic E-state index is 15.4. The average molecular weight is 508 g/mol. The van der Waals surface area contributed by atoms with E-state index in [9.17, 15) is 14.0 Å². The van der Waals surface area contributed by atoms with Gasteiger partial charge in [0, 0.05) is 35.8 Å². The molecule has 7 nitrogen and oxygen atoms in total. The largest absolute Gasteiger partial charge is 0.338 e. The fraction of sp³-hybridized carbons (Fsp3) is 0.269. The van der Waals surface area contributed by atoms with Crippen LogP contribution in [0.5, 0.6) is 0 Å². The number of Topliss-reactive ketones (excluding diaryl/α,β-unsaturated/α-hetero) is 1. The number of anilines is 1. The molecule has 1 saturated heterocycles. The molecule has 3 aromatic rings. The van der Waals surface area contributed by atoms with Crippen molar-refractivity contribution >= 4 is 34.6 Å². The van der Waals surface area contributed by atoms with E-state index in [-0.39, 0.29) is 30.6 Å². The first-order valence-corrected chi connectivity index (χ1v) is 12.4. The minimum atomic E-state index is -1.06.